The van der Waals surface area contributed by atoms with Gasteiger partial charge < -0.3 is 86.9 Å². The van der Waals surface area contributed by atoms with Crippen LogP contribution in [-0.2, 0) is 50.4 Å². The van der Waals surface area contributed by atoms with Crippen LogP contribution in [0.2, 0.25) is 0 Å². The minimum absolute atomic E-state index is 0.0175. The number of hydrogen-bond donors (Lipinski definition) is 14. The summed E-state index contributed by atoms with van der Waals surface area (Å²) in [5, 5.41) is 102. The van der Waals surface area contributed by atoms with Crippen LogP contribution < -0.4 is 41.4 Å². The van der Waals surface area contributed by atoms with E-state index in [4.69, 9.17) is 15.7 Å². The van der Waals surface area contributed by atoms with Crippen LogP contribution >= 0.6 is 11.3 Å². The van der Waals surface area contributed by atoms with Gasteiger partial charge in [-0.05, 0) is 93.5 Å². The fraction of sp³-hybridized carbons (Fsp3) is 0.609. The molecular weight excluding hydrogens is 1320 g/mol. The number of primary amides is 1. The molecule has 4 aromatic rings. The maximum absolute atomic E-state index is 14.7. The Kier molecular flexibility index (Phi) is 24.0. The molecule has 6 heterocycles. The van der Waals surface area contributed by atoms with Gasteiger partial charge in [-0.2, -0.15) is 8.42 Å². The van der Waals surface area contributed by atoms with Crippen LogP contribution in [0, 0.1) is 17.8 Å². The molecule has 0 spiro atoms. The Morgan fingerprint density at radius 3 is 2.06 bits per heavy atom. The first-order chi connectivity index (χ1) is 46.7. The molecule has 15 N–H and O–H groups in total. The summed E-state index contributed by atoms with van der Waals surface area (Å²) in [4.78, 5) is 116. The number of aromatic nitrogens is 4. The number of nitrogens with one attached hydrogen (secondary N) is 5. The average Bonchev–Trinajstić information content (AvgIpc) is 1.63. The number of nitrogens with zero attached hydrogens (tertiary/aromatic N) is 8. The number of nitrogens with two attached hydrogens (primary N) is 1. The molecule has 2 aromatic heterocycles. The molecule has 2 aliphatic carbocycles. The van der Waals surface area contributed by atoms with E-state index in [9.17, 15) is 82.3 Å². The molecule has 34 heteroatoms. The van der Waals surface area contributed by atoms with E-state index in [1.165, 1.54) is 57.4 Å². The highest BCUT2D eigenvalue weighted by atomic mass is 32.3. The molecule has 2 saturated carbocycles. The number of amides is 7. The molecule has 98 heavy (non-hydrogen) atoms. The molecule has 4 saturated heterocycles. The fourth-order valence-electron chi connectivity index (χ4n) is 14.1. The van der Waals surface area contributed by atoms with Crippen molar-refractivity contribution in [3.63, 3.8) is 0 Å². The number of rotatable bonds is 18. The summed E-state index contributed by atoms with van der Waals surface area (Å²) in [6.45, 7) is 6.36. The smallest absolute Gasteiger partial charge is 0.446 e. The Bertz CT molecular complexity index is 3590. The Balaban J connectivity index is 0.830. The van der Waals surface area contributed by atoms with Gasteiger partial charge in [-0.3, -0.25) is 43.0 Å². The van der Waals surface area contributed by atoms with Crippen molar-refractivity contribution in [2.24, 2.45) is 23.5 Å². The molecule has 0 radical (unpaired) electrons. The van der Waals surface area contributed by atoms with Crippen molar-refractivity contribution in [1.29, 1.82) is 0 Å². The largest absolute Gasteiger partial charge is 0.504 e. The Hall–Kier alpha value is -7.64. The third-order valence-corrected chi connectivity index (χ3v) is 21.1. The van der Waals surface area contributed by atoms with Gasteiger partial charge in [-0.25, -0.2) is 9.97 Å². The van der Waals surface area contributed by atoms with Crippen molar-refractivity contribution in [2.45, 2.75) is 170 Å². The molecule has 6 fully saturated rings. The number of piperazine rings is 1. The van der Waals surface area contributed by atoms with E-state index in [-0.39, 0.29) is 30.5 Å². The zero-order valence-electron chi connectivity index (χ0n) is 54.4. The Morgan fingerprint density at radius 1 is 0.745 bits per heavy atom. The third-order valence-electron chi connectivity index (χ3n) is 19.6. The van der Waals surface area contributed by atoms with Crippen LogP contribution in [0.25, 0.3) is 21.7 Å². The van der Waals surface area contributed by atoms with E-state index in [1.54, 1.807) is 0 Å². The number of benzene rings is 2. The topological polar surface area (TPSA) is 475 Å². The number of phenols is 1. The molecule has 2 aromatic carbocycles. The number of phenolic OH excluding ortho intramolecular Hbond substituents is 1. The zero-order chi connectivity index (χ0) is 70.3. The lowest BCUT2D eigenvalue weighted by Crippen LogP contribution is -2.64. The first-order valence-electron chi connectivity index (χ1n) is 33.3. The monoisotopic (exact) mass is 1400 g/mol. The number of aliphatic hydroxyl groups is 6. The molecule has 7 amide bonds. The highest BCUT2D eigenvalue weighted by Gasteiger charge is 2.50. The summed E-state index contributed by atoms with van der Waals surface area (Å²) in [6.07, 6.45) is -1.32. The number of anilines is 1. The molecule has 6 aliphatic rings. The predicted molar refractivity (Wildman–Crippen MR) is 351 cm³/mol. The summed E-state index contributed by atoms with van der Waals surface area (Å²) in [5.41, 5.74) is 8.08. The lowest BCUT2D eigenvalue weighted by Gasteiger charge is -2.35. The average molecular weight is 1410 g/mol. The van der Waals surface area contributed by atoms with Gasteiger partial charge in [0.1, 0.15) is 40.2 Å². The standard InChI is InChI=1S/C64H88N14O18S2/c1-33-30-78-54(55(33)86)59(90)67-29-42(80)23-44(66-26-35-7-10-39(11-8-35)60-73-74-61(97-60)40-14-12-38(13-15-40)41-27-68-64(69-28-41)76-19-17-75(18-20-76)31-36-5-3-4-6-36)56(87)70-51(34(2)79)62(91)77-32-43(81)24-45(77)57(88)71-52(58(89)72-53(63(78)92)48(84)25-50(65)85)47(83)21-37-9-16-46(82)49(22-37)96-98(93,94)95/h9,12-16,22,27-28,33-36,39,42-45,47-48,51-55,66,79-84,86H,3-8,10-11,17-21,23-26,29-32H2,1-2H3,(H2,65,85)(H,67,90)(H,70,87)(H,71,88)(H,72,89)(H,93,94,95)/t33-,34+,35-,39-,42+,43?,44-,45-,47+,48+,51-,52-,53-,54-,55-/m0/s1. The minimum Gasteiger partial charge on any atom is -0.504 e. The summed E-state index contributed by atoms with van der Waals surface area (Å²) in [7, 11) is -5.22. The van der Waals surface area contributed by atoms with Gasteiger partial charge in [0.15, 0.2) is 11.5 Å². The fourth-order valence-corrected chi connectivity index (χ4v) is 15.5. The summed E-state index contributed by atoms with van der Waals surface area (Å²) < 4.78 is 36.9. The van der Waals surface area contributed by atoms with Gasteiger partial charge in [-0.15, -0.1) is 10.2 Å². The van der Waals surface area contributed by atoms with E-state index in [0.717, 1.165) is 106 Å². The number of aromatic hydroxyl groups is 1. The van der Waals surface area contributed by atoms with Crippen LogP contribution in [0.3, 0.4) is 0 Å². The second kappa shape index (κ2) is 32.1. The second-order valence-corrected chi connectivity index (χ2v) is 28.9. The van der Waals surface area contributed by atoms with Gasteiger partial charge in [-0.1, -0.05) is 61.4 Å². The second-order valence-electron chi connectivity index (χ2n) is 26.9. The quantitative estimate of drug-likeness (QED) is 0.0471. The van der Waals surface area contributed by atoms with Crippen LogP contribution in [0.15, 0.2) is 54.9 Å². The maximum Gasteiger partial charge on any atom is 0.446 e. The van der Waals surface area contributed by atoms with Crippen molar-refractivity contribution < 1.29 is 86.5 Å². The summed E-state index contributed by atoms with van der Waals surface area (Å²) in [5.74, 6) is -9.01. The van der Waals surface area contributed by atoms with Gasteiger partial charge in [0.25, 0.3) is 0 Å². The van der Waals surface area contributed by atoms with Crippen LogP contribution in [0.5, 0.6) is 11.5 Å². The van der Waals surface area contributed by atoms with Crippen LogP contribution in [0.4, 0.5) is 5.95 Å². The van der Waals surface area contributed by atoms with Gasteiger partial charge in [0, 0.05) is 101 Å². The first-order valence-corrected chi connectivity index (χ1v) is 35.5. The SMILES string of the molecule is C[C@@H](O)[C@@H]1NC(=O)[C@@H](NC[C@H]2CC[C@H](c3nnc(-c4ccc(-c5cnc(N6CCN(CC7CCCC7)CC6)nc5)cc4)s3)CC2)C[C@@H](O)CNC(=O)[C@@H]2[C@@H](O)[C@@H](C)CN2C(=O)[C@H]([C@H](O)CC(N)=O)NC(=O)[C@H]([C@H](O)Cc2ccc(O)c(OS(=O)(=O)O)c2)NC(=O)[C@@H]2CC(O)CN2C1=O. The van der Waals surface area contributed by atoms with Gasteiger partial charge in [0.05, 0.1) is 49.1 Å². The molecule has 534 valence electrons. The summed E-state index contributed by atoms with van der Waals surface area (Å²) in [6, 6.07) is -0.196. The van der Waals surface area contributed by atoms with Crippen molar-refractivity contribution in [3.8, 4) is 33.2 Å². The molecule has 10 rings (SSSR count). The normalized spacial score (nSPS) is 28.8. The molecule has 32 nitrogen and oxygen atoms in total. The van der Waals surface area contributed by atoms with E-state index in [1.807, 2.05) is 36.7 Å². The summed E-state index contributed by atoms with van der Waals surface area (Å²) >= 11 is 1.52. The van der Waals surface area contributed by atoms with Crippen molar-refractivity contribution in [3.05, 3.63) is 65.4 Å². The number of fused-ring (bicyclic) bond motifs is 2. The van der Waals surface area contributed by atoms with Crippen molar-refractivity contribution in [2.75, 3.05) is 63.8 Å². The van der Waals surface area contributed by atoms with Crippen molar-refractivity contribution in [1.82, 2.24) is 61.4 Å². The molecule has 13 atom stereocenters. The van der Waals surface area contributed by atoms with E-state index >= 15 is 0 Å². The Morgan fingerprint density at radius 2 is 1.40 bits per heavy atom. The van der Waals surface area contributed by atoms with E-state index < -0.39 is 181 Å². The van der Waals surface area contributed by atoms with Gasteiger partial charge in [0.2, 0.25) is 47.3 Å². The number of carbonyl (C=O) groups is 7. The molecular formula is C64H88N14O18S2. The number of β-amino-alcohol motifs (C(OH)–C–C–N with tert-alkyl or cyclic N) is 1. The van der Waals surface area contributed by atoms with Crippen LogP contribution in [0.1, 0.15) is 101 Å². The number of hydrogen-bond acceptors (Lipinski definition) is 25. The molecule has 0 bridgehead atoms. The predicted octanol–water partition coefficient (Wildman–Crippen LogP) is -2.18. The maximum atomic E-state index is 14.7. The van der Waals surface area contributed by atoms with Gasteiger partial charge >= 0.3 is 10.4 Å². The van der Waals surface area contributed by atoms with E-state index in [0.29, 0.717) is 12.8 Å². The lowest BCUT2D eigenvalue weighted by atomic mass is 9.82. The molecule has 1 unspecified atom stereocenters. The first kappa shape index (κ1) is 73.1. The molecule has 4 aliphatic heterocycles. The highest BCUT2D eigenvalue weighted by Crippen LogP contribution is 2.39. The third kappa shape index (κ3) is 18.2. The number of aliphatic hydroxyl groups excluding tert-OH is 6. The van der Waals surface area contributed by atoms with Crippen molar-refractivity contribution >= 4 is 69.0 Å². The van der Waals surface area contributed by atoms with E-state index in [2.05, 4.69) is 50.8 Å². The minimum atomic E-state index is -5.22. The zero-order valence-corrected chi connectivity index (χ0v) is 56.0. The number of carbonyl (C=O) groups excluding carboxylic acids is 7. The van der Waals surface area contributed by atoms with Crippen LogP contribution in [-0.4, -0.2) is 257 Å². The highest BCUT2D eigenvalue weighted by molar-refractivity contribution is 7.81. The lowest BCUT2D eigenvalue weighted by molar-refractivity contribution is -0.147. The Labute approximate surface area is 570 Å².